The minimum absolute atomic E-state index is 0.0615. The first kappa shape index (κ1) is 36.9. The molecule has 50 heavy (non-hydrogen) atoms. The highest BCUT2D eigenvalue weighted by Crippen LogP contribution is 2.45. The van der Waals surface area contributed by atoms with Crippen LogP contribution in [0.1, 0.15) is 95.8 Å². The fraction of sp³-hybridized carbons (Fsp3) is 0.703. The number of benzene rings is 1. The van der Waals surface area contributed by atoms with Crippen LogP contribution in [0, 0.1) is 17.2 Å². The topological polar surface area (TPSA) is 120 Å². The Kier molecular flexibility index (Phi) is 11.7. The van der Waals surface area contributed by atoms with E-state index in [0.29, 0.717) is 35.7 Å². The second-order valence-electron chi connectivity index (χ2n) is 15.6. The molecule has 1 aromatic carbocycles. The summed E-state index contributed by atoms with van der Waals surface area (Å²) >= 11 is 0. The fourth-order valence-electron chi connectivity index (χ4n) is 8.73. The first-order valence-electron chi connectivity index (χ1n) is 18.7. The number of hydrogen-bond acceptors (Lipinski definition) is 9. The quantitative estimate of drug-likeness (QED) is 0.324. The van der Waals surface area contributed by atoms with Gasteiger partial charge >= 0.3 is 0 Å². The zero-order valence-electron chi connectivity index (χ0n) is 30.2. The van der Waals surface area contributed by atoms with Gasteiger partial charge in [0.1, 0.15) is 17.9 Å². The van der Waals surface area contributed by atoms with E-state index >= 15 is 0 Å². The van der Waals surface area contributed by atoms with Crippen LogP contribution in [0.3, 0.4) is 0 Å². The van der Waals surface area contributed by atoms with Gasteiger partial charge in [-0.2, -0.15) is 0 Å². The molecule has 13 heteroatoms. The van der Waals surface area contributed by atoms with Gasteiger partial charge in [0.05, 0.1) is 17.0 Å². The molecular weight excluding hydrogens is 658 g/mol. The van der Waals surface area contributed by atoms with Crippen molar-refractivity contribution in [1.29, 1.82) is 0 Å². The van der Waals surface area contributed by atoms with E-state index in [1.807, 2.05) is 27.7 Å². The van der Waals surface area contributed by atoms with E-state index in [-0.39, 0.29) is 40.6 Å². The van der Waals surface area contributed by atoms with E-state index < -0.39 is 15.8 Å². The van der Waals surface area contributed by atoms with Crippen LogP contribution >= 0.6 is 0 Å². The molecule has 11 nitrogen and oxygen atoms in total. The maximum absolute atomic E-state index is 14.4. The lowest BCUT2D eigenvalue weighted by Crippen LogP contribution is -2.49. The van der Waals surface area contributed by atoms with Crippen LogP contribution in [0.25, 0.3) is 0 Å². The van der Waals surface area contributed by atoms with Gasteiger partial charge in [0.2, 0.25) is 10.0 Å². The molecule has 1 aliphatic carbocycles. The van der Waals surface area contributed by atoms with Crippen molar-refractivity contribution >= 4 is 21.7 Å². The van der Waals surface area contributed by atoms with Crippen LogP contribution < -0.4 is 19.7 Å². The summed E-state index contributed by atoms with van der Waals surface area (Å²) in [5.74, 6) is 1.12. The Labute approximate surface area is 297 Å². The Morgan fingerprint density at radius 1 is 1.02 bits per heavy atom. The smallest absolute Gasteiger partial charge is 0.258 e. The van der Waals surface area contributed by atoms with Crippen LogP contribution in [0.5, 0.6) is 11.5 Å². The number of anilines is 1. The van der Waals surface area contributed by atoms with E-state index in [9.17, 15) is 17.6 Å². The largest absolute Gasteiger partial charge is 0.451 e. The highest BCUT2D eigenvalue weighted by molar-refractivity contribution is 7.90. The molecule has 3 aliphatic heterocycles. The van der Waals surface area contributed by atoms with Gasteiger partial charge in [-0.25, -0.2) is 27.5 Å². The molecule has 1 amide bonds. The standard InChI is InChI=1S/C37H56FN7O4S/c1-26(2)45(27(3)4)36(46)32-21-29(38)5-6-33(32)49-34-22-40-25-41-35(34)44-18-11-28(24-44)23-43-19-14-37(15-20-43)12-7-30(8-13-37)42-50(47,48)31-9-16-39-17-10-31/h5-6,21-22,25-28,30-31,39,42H,7-20,23-24H2,1-4H3/t28-/m0/s1. The SMILES string of the molecule is CC(C)N(C(=O)c1cc(F)ccc1Oc1cncnc1N1CC[C@@H](CN2CCC3(CCC(NS(=O)(=O)C4CCNCC4)CC3)CC2)C1)C(C)C. The normalized spacial score (nSPS) is 22.5. The van der Waals surface area contributed by atoms with Gasteiger partial charge in [0, 0.05) is 37.8 Å². The molecule has 6 rings (SSSR count). The number of carbonyl (C=O) groups is 1. The summed E-state index contributed by atoms with van der Waals surface area (Å²) in [6, 6.07) is 4.01. The van der Waals surface area contributed by atoms with Gasteiger partial charge in [0.25, 0.3) is 5.91 Å². The number of piperidine rings is 2. The summed E-state index contributed by atoms with van der Waals surface area (Å²) in [6.07, 6.45) is 12.0. The highest BCUT2D eigenvalue weighted by Gasteiger charge is 2.40. The number of ether oxygens (including phenoxy) is 1. The van der Waals surface area contributed by atoms with Crippen LogP contribution in [0.15, 0.2) is 30.7 Å². The van der Waals surface area contributed by atoms with E-state index in [2.05, 4.69) is 29.8 Å². The average molecular weight is 714 g/mol. The molecule has 0 unspecified atom stereocenters. The average Bonchev–Trinajstić information content (AvgIpc) is 3.56. The molecule has 3 saturated heterocycles. The zero-order valence-corrected chi connectivity index (χ0v) is 31.1. The van der Waals surface area contributed by atoms with Gasteiger partial charge in [0.15, 0.2) is 11.6 Å². The molecule has 4 aliphatic rings. The van der Waals surface area contributed by atoms with Crippen molar-refractivity contribution in [3.05, 3.63) is 42.1 Å². The summed E-state index contributed by atoms with van der Waals surface area (Å²) in [6.45, 7) is 14.2. The summed E-state index contributed by atoms with van der Waals surface area (Å²) in [7, 11) is -3.25. The maximum atomic E-state index is 14.4. The van der Waals surface area contributed by atoms with Crippen molar-refractivity contribution in [3.63, 3.8) is 0 Å². The Hall–Kier alpha value is -2.87. The minimum Gasteiger partial charge on any atom is -0.451 e. The van der Waals surface area contributed by atoms with Crippen LogP contribution in [-0.2, 0) is 10.0 Å². The molecule has 2 N–H and O–H groups in total. The molecule has 4 heterocycles. The van der Waals surface area contributed by atoms with Crippen molar-refractivity contribution in [3.8, 4) is 11.5 Å². The fourth-order valence-corrected chi connectivity index (χ4v) is 10.5. The molecule has 2 aromatic rings. The lowest BCUT2D eigenvalue weighted by Gasteiger charge is -2.46. The minimum atomic E-state index is -3.25. The molecule has 276 valence electrons. The number of nitrogens with zero attached hydrogens (tertiary/aromatic N) is 5. The van der Waals surface area contributed by atoms with E-state index in [4.69, 9.17) is 4.74 Å². The number of halogens is 1. The Morgan fingerprint density at radius 2 is 1.72 bits per heavy atom. The molecule has 0 radical (unpaired) electrons. The van der Waals surface area contributed by atoms with Crippen LogP contribution in [0.4, 0.5) is 10.2 Å². The number of sulfonamides is 1. The van der Waals surface area contributed by atoms with Crippen molar-refractivity contribution < 1.29 is 22.3 Å². The molecule has 4 fully saturated rings. The number of carbonyl (C=O) groups excluding carboxylic acids is 1. The van der Waals surface area contributed by atoms with Crippen molar-refractivity contribution in [2.24, 2.45) is 11.3 Å². The number of hydrogen-bond donors (Lipinski definition) is 2. The Balaban J connectivity index is 1.02. The summed E-state index contributed by atoms with van der Waals surface area (Å²) in [4.78, 5) is 29.0. The number of likely N-dealkylation sites (tertiary alicyclic amines) is 1. The third kappa shape index (κ3) is 8.59. The van der Waals surface area contributed by atoms with Gasteiger partial charge in [-0.15, -0.1) is 0 Å². The Morgan fingerprint density at radius 3 is 2.40 bits per heavy atom. The van der Waals surface area contributed by atoms with Gasteiger partial charge < -0.3 is 24.8 Å². The molecule has 1 saturated carbocycles. The van der Waals surface area contributed by atoms with Gasteiger partial charge in [-0.05, 0) is 141 Å². The van der Waals surface area contributed by atoms with Crippen LogP contribution in [0.2, 0.25) is 0 Å². The molecule has 1 atom stereocenters. The molecule has 1 aromatic heterocycles. The van der Waals surface area contributed by atoms with E-state index in [0.717, 1.165) is 77.9 Å². The van der Waals surface area contributed by atoms with Crippen molar-refractivity contribution in [2.45, 2.75) is 109 Å². The van der Waals surface area contributed by atoms with Crippen molar-refractivity contribution in [2.75, 3.05) is 50.7 Å². The number of rotatable bonds is 11. The van der Waals surface area contributed by atoms with E-state index in [1.165, 1.54) is 37.4 Å². The lowest BCUT2D eigenvalue weighted by molar-refractivity contribution is 0.0550. The van der Waals surface area contributed by atoms with Gasteiger partial charge in [-0.1, -0.05) is 0 Å². The first-order valence-corrected chi connectivity index (χ1v) is 20.3. The number of amides is 1. The molecular formula is C37H56FN7O4S. The summed E-state index contributed by atoms with van der Waals surface area (Å²) in [5.41, 5.74) is 0.515. The lowest BCUT2D eigenvalue weighted by atomic mass is 9.67. The third-order valence-corrected chi connectivity index (χ3v) is 13.5. The van der Waals surface area contributed by atoms with Gasteiger partial charge in [-0.3, -0.25) is 4.79 Å². The number of aromatic nitrogens is 2. The number of nitrogens with one attached hydrogen (secondary N) is 2. The van der Waals surface area contributed by atoms with Crippen LogP contribution in [-0.4, -0.2) is 103 Å². The highest BCUT2D eigenvalue weighted by atomic mass is 32.2. The maximum Gasteiger partial charge on any atom is 0.258 e. The summed E-state index contributed by atoms with van der Waals surface area (Å²) in [5, 5.41) is 3.00. The molecule has 1 spiro atoms. The van der Waals surface area contributed by atoms with Crippen molar-refractivity contribution in [1.82, 2.24) is 29.8 Å². The monoisotopic (exact) mass is 713 g/mol. The Bertz CT molecular complexity index is 1560. The predicted octanol–water partition coefficient (Wildman–Crippen LogP) is 5.19. The second kappa shape index (κ2) is 15.8. The second-order valence-corrected chi connectivity index (χ2v) is 17.6. The first-order chi connectivity index (χ1) is 23.9. The summed E-state index contributed by atoms with van der Waals surface area (Å²) < 4.78 is 49.8. The predicted molar refractivity (Wildman–Crippen MR) is 194 cm³/mol. The van der Waals surface area contributed by atoms with E-state index in [1.54, 1.807) is 11.1 Å². The third-order valence-electron chi connectivity index (χ3n) is 11.5. The molecule has 0 bridgehead atoms. The zero-order chi connectivity index (χ0) is 35.5.